The Morgan fingerprint density at radius 2 is 1.92 bits per heavy atom. The molecule has 1 saturated carbocycles. The predicted octanol–water partition coefficient (Wildman–Crippen LogP) is 3.15. The molecule has 0 heterocycles. The summed E-state index contributed by atoms with van der Waals surface area (Å²) >= 11 is 4.36. The Labute approximate surface area is 87.7 Å². The highest BCUT2D eigenvalue weighted by Crippen LogP contribution is 2.46. The molecule has 0 amide bonds. The maximum Gasteiger partial charge on any atom is 0.0549 e. The third-order valence-electron chi connectivity index (χ3n) is 2.77. The Morgan fingerprint density at radius 3 is 2.31 bits per heavy atom. The largest absolute Gasteiger partial charge is 0.378 e. The Morgan fingerprint density at radius 1 is 1.31 bits per heavy atom. The van der Waals surface area contributed by atoms with Gasteiger partial charge in [0.05, 0.1) is 12.7 Å². The minimum absolute atomic E-state index is 0.414. The van der Waals surface area contributed by atoms with Crippen molar-refractivity contribution >= 4 is 12.6 Å². The molecular weight excluding hydrogens is 180 g/mol. The van der Waals surface area contributed by atoms with Crippen LogP contribution in [0.5, 0.6) is 0 Å². The van der Waals surface area contributed by atoms with Gasteiger partial charge in [-0.25, -0.2) is 0 Å². The lowest BCUT2D eigenvalue weighted by Gasteiger charge is -2.19. The second-order valence-electron chi connectivity index (χ2n) is 4.91. The Kier molecular flexibility index (Phi) is 4.11. The van der Waals surface area contributed by atoms with Crippen LogP contribution in [0.2, 0.25) is 0 Å². The van der Waals surface area contributed by atoms with E-state index in [1.807, 2.05) is 0 Å². The maximum absolute atomic E-state index is 5.82. The molecule has 2 heteroatoms. The van der Waals surface area contributed by atoms with Gasteiger partial charge in [0, 0.05) is 5.41 Å². The summed E-state index contributed by atoms with van der Waals surface area (Å²) in [4.78, 5) is 0. The molecule has 0 spiro atoms. The van der Waals surface area contributed by atoms with Crippen molar-refractivity contribution in [3.05, 3.63) is 0 Å². The molecule has 0 N–H and O–H groups in total. The Balaban J connectivity index is 2.11. The van der Waals surface area contributed by atoms with Crippen molar-refractivity contribution in [1.29, 1.82) is 0 Å². The van der Waals surface area contributed by atoms with Crippen LogP contribution < -0.4 is 0 Å². The molecule has 0 aromatic heterocycles. The van der Waals surface area contributed by atoms with E-state index in [-0.39, 0.29) is 0 Å². The molecule has 78 valence electrons. The Bertz CT molecular complexity index is 152. The van der Waals surface area contributed by atoms with E-state index in [9.17, 15) is 0 Å². The molecule has 0 bridgehead atoms. The first-order valence-electron chi connectivity index (χ1n) is 5.30. The van der Waals surface area contributed by atoms with Gasteiger partial charge in [-0.1, -0.05) is 13.8 Å². The lowest BCUT2D eigenvalue weighted by Crippen LogP contribution is -2.19. The van der Waals surface area contributed by atoms with Crippen LogP contribution in [0.15, 0.2) is 0 Å². The summed E-state index contributed by atoms with van der Waals surface area (Å²) in [5, 5.41) is 0. The first-order chi connectivity index (χ1) is 6.08. The summed E-state index contributed by atoms with van der Waals surface area (Å²) < 4.78 is 5.82. The average molecular weight is 202 g/mol. The molecule has 1 unspecified atom stereocenters. The van der Waals surface area contributed by atoms with Crippen molar-refractivity contribution in [1.82, 2.24) is 0 Å². The van der Waals surface area contributed by atoms with Crippen molar-refractivity contribution in [2.45, 2.75) is 46.1 Å². The van der Waals surface area contributed by atoms with Crippen LogP contribution >= 0.6 is 12.6 Å². The van der Waals surface area contributed by atoms with Gasteiger partial charge in [-0.2, -0.15) is 12.6 Å². The summed E-state index contributed by atoms with van der Waals surface area (Å²) in [6, 6.07) is 0. The van der Waals surface area contributed by atoms with E-state index in [1.54, 1.807) is 0 Å². The second-order valence-corrected chi connectivity index (χ2v) is 5.23. The molecule has 0 radical (unpaired) electrons. The zero-order valence-electron chi connectivity index (χ0n) is 9.05. The fourth-order valence-electron chi connectivity index (χ4n) is 1.58. The second kappa shape index (κ2) is 4.70. The van der Waals surface area contributed by atoms with Gasteiger partial charge in [-0.05, 0) is 37.9 Å². The van der Waals surface area contributed by atoms with Crippen LogP contribution in [-0.2, 0) is 4.74 Å². The molecule has 0 aromatic carbocycles. The van der Waals surface area contributed by atoms with Gasteiger partial charge in [-0.15, -0.1) is 0 Å². The van der Waals surface area contributed by atoms with Crippen LogP contribution in [0.25, 0.3) is 0 Å². The van der Waals surface area contributed by atoms with E-state index >= 15 is 0 Å². The SMILES string of the molecule is CC(C)CC(C)OCC1(CS)CC1. The molecule has 1 aliphatic carbocycles. The first-order valence-corrected chi connectivity index (χ1v) is 5.94. The average Bonchev–Trinajstić information content (AvgIpc) is 2.80. The normalized spacial score (nSPS) is 21.9. The summed E-state index contributed by atoms with van der Waals surface area (Å²) in [5.41, 5.74) is 0.453. The highest BCUT2D eigenvalue weighted by Gasteiger charge is 2.41. The topological polar surface area (TPSA) is 9.23 Å². The van der Waals surface area contributed by atoms with Crippen molar-refractivity contribution in [3.8, 4) is 0 Å². The molecule has 0 aliphatic heterocycles. The van der Waals surface area contributed by atoms with E-state index in [0.717, 1.165) is 18.3 Å². The number of ether oxygens (including phenoxy) is 1. The molecule has 1 aliphatic rings. The van der Waals surface area contributed by atoms with Gasteiger partial charge in [0.15, 0.2) is 0 Å². The number of hydrogen-bond donors (Lipinski definition) is 1. The van der Waals surface area contributed by atoms with Gasteiger partial charge in [-0.3, -0.25) is 0 Å². The van der Waals surface area contributed by atoms with Crippen LogP contribution in [0.1, 0.15) is 40.0 Å². The smallest absolute Gasteiger partial charge is 0.0549 e. The van der Waals surface area contributed by atoms with Gasteiger partial charge in [0.1, 0.15) is 0 Å². The fraction of sp³-hybridized carbons (Fsp3) is 1.00. The quantitative estimate of drug-likeness (QED) is 0.651. The molecule has 1 rings (SSSR count). The van der Waals surface area contributed by atoms with Crippen molar-refractivity contribution in [2.75, 3.05) is 12.4 Å². The third-order valence-corrected chi connectivity index (χ3v) is 3.44. The lowest BCUT2D eigenvalue weighted by atomic mass is 10.1. The van der Waals surface area contributed by atoms with Crippen LogP contribution in [0.4, 0.5) is 0 Å². The highest BCUT2D eigenvalue weighted by atomic mass is 32.1. The summed E-state index contributed by atoms with van der Waals surface area (Å²) in [7, 11) is 0. The monoisotopic (exact) mass is 202 g/mol. The van der Waals surface area contributed by atoms with Crippen molar-refractivity contribution in [2.24, 2.45) is 11.3 Å². The number of rotatable bonds is 6. The van der Waals surface area contributed by atoms with Crippen LogP contribution in [0, 0.1) is 11.3 Å². The summed E-state index contributed by atoms with van der Waals surface area (Å²) in [5.74, 6) is 1.72. The van der Waals surface area contributed by atoms with Crippen molar-refractivity contribution < 1.29 is 4.74 Å². The molecule has 0 aromatic rings. The van der Waals surface area contributed by atoms with Gasteiger partial charge >= 0.3 is 0 Å². The van der Waals surface area contributed by atoms with Crippen LogP contribution in [-0.4, -0.2) is 18.5 Å². The minimum Gasteiger partial charge on any atom is -0.378 e. The third kappa shape index (κ3) is 3.90. The minimum atomic E-state index is 0.414. The zero-order valence-corrected chi connectivity index (χ0v) is 9.94. The molecule has 0 saturated heterocycles. The van der Waals surface area contributed by atoms with E-state index in [2.05, 4.69) is 33.4 Å². The van der Waals surface area contributed by atoms with E-state index in [0.29, 0.717) is 11.5 Å². The molecule has 1 fully saturated rings. The molecular formula is C11H22OS. The van der Waals surface area contributed by atoms with Crippen LogP contribution in [0.3, 0.4) is 0 Å². The maximum atomic E-state index is 5.82. The van der Waals surface area contributed by atoms with E-state index in [4.69, 9.17) is 4.74 Å². The van der Waals surface area contributed by atoms with E-state index in [1.165, 1.54) is 19.3 Å². The van der Waals surface area contributed by atoms with Gasteiger partial charge < -0.3 is 4.74 Å². The van der Waals surface area contributed by atoms with Gasteiger partial charge in [0.25, 0.3) is 0 Å². The number of hydrogen-bond acceptors (Lipinski definition) is 2. The molecule has 13 heavy (non-hydrogen) atoms. The zero-order chi connectivity index (χ0) is 9.90. The molecule has 1 nitrogen and oxygen atoms in total. The fourth-order valence-corrected chi connectivity index (χ4v) is 1.98. The highest BCUT2D eigenvalue weighted by molar-refractivity contribution is 7.80. The lowest BCUT2D eigenvalue weighted by molar-refractivity contribution is 0.0269. The van der Waals surface area contributed by atoms with Crippen molar-refractivity contribution in [3.63, 3.8) is 0 Å². The standard InChI is InChI=1S/C11H22OS/c1-9(2)6-10(3)12-7-11(8-13)4-5-11/h9-10,13H,4-8H2,1-3H3. The van der Waals surface area contributed by atoms with Gasteiger partial charge in [0.2, 0.25) is 0 Å². The molecule has 1 atom stereocenters. The first kappa shape index (κ1) is 11.4. The Hall–Kier alpha value is 0.310. The van der Waals surface area contributed by atoms with E-state index < -0.39 is 0 Å². The summed E-state index contributed by atoms with van der Waals surface area (Å²) in [6.07, 6.45) is 4.20. The predicted molar refractivity (Wildman–Crippen MR) is 60.4 cm³/mol. The summed E-state index contributed by atoms with van der Waals surface area (Å²) in [6.45, 7) is 7.58. The number of thiol groups is 1.